The van der Waals surface area contributed by atoms with Gasteiger partial charge in [0.25, 0.3) is 0 Å². The lowest BCUT2D eigenvalue weighted by Crippen LogP contribution is -1.85. The molecule has 4 rings (SSSR count). The van der Waals surface area contributed by atoms with E-state index >= 15 is 0 Å². The lowest BCUT2D eigenvalue weighted by Gasteiger charge is -2.04. The zero-order valence-electron chi connectivity index (χ0n) is 12.2. The first-order valence-electron chi connectivity index (χ1n) is 7.18. The lowest BCUT2D eigenvalue weighted by molar-refractivity contribution is 1.31. The SMILES string of the molecule is Clc1cc2nc(-c3ccc(-c4ncccc4Cl)cc3)[nH]c2cc1Cl. The Morgan fingerprint density at radius 1 is 0.792 bits per heavy atom. The maximum absolute atomic E-state index is 6.19. The van der Waals surface area contributed by atoms with Crippen LogP contribution in [0.5, 0.6) is 0 Å². The molecule has 0 aliphatic rings. The minimum Gasteiger partial charge on any atom is -0.338 e. The van der Waals surface area contributed by atoms with E-state index in [1.807, 2.05) is 36.4 Å². The number of imidazole rings is 1. The first kappa shape index (κ1) is 15.5. The molecule has 0 unspecified atom stereocenters. The van der Waals surface area contributed by atoms with Gasteiger partial charge < -0.3 is 4.98 Å². The van der Waals surface area contributed by atoms with Gasteiger partial charge in [0, 0.05) is 17.3 Å². The Balaban J connectivity index is 1.74. The van der Waals surface area contributed by atoms with E-state index in [2.05, 4.69) is 15.0 Å². The van der Waals surface area contributed by atoms with Crippen molar-refractivity contribution in [3.8, 4) is 22.6 Å². The summed E-state index contributed by atoms with van der Waals surface area (Å²) in [5.41, 5.74) is 4.28. The second-order valence-corrected chi connectivity index (χ2v) is 6.50. The Labute approximate surface area is 153 Å². The van der Waals surface area contributed by atoms with Crippen molar-refractivity contribution < 1.29 is 0 Å². The summed E-state index contributed by atoms with van der Waals surface area (Å²) in [6.07, 6.45) is 1.72. The van der Waals surface area contributed by atoms with E-state index in [0.29, 0.717) is 15.1 Å². The first-order chi connectivity index (χ1) is 11.6. The van der Waals surface area contributed by atoms with Gasteiger partial charge in [-0.2, -0.15) is 0 Å². The molecule has 0 fully saturated rings. The van der Waals surface area contributed by atoms with Gasteiger partial charge in [0.15, 0.2) is 0 Å². The number of H-pyrrole nitrogens is 1. The van der Waals surface area contributed by atoms with Gasteiger partial charge in [0.05, 0.1) is 31.8 Å². The molecular weight excluding hydrogens is 365 g/mol. The van der Waals surface area contributed by atoms with Crippen LogP contribution in [0.25, 0.3) is 33.7 Å². The first-order valence-corrected chi connectivity index (χ1v) is 8.31. The smallest absolute Gasteiger partial charge is 0.138 e. The van der Waals surface area contributed by atoms with Crippen molar-refractivity contribution >= 4 is 45.8 Å². The van der Waals surface area contributed by atoms with E-state index in [1.54, 1.807) is 18.3 Å². The third-order valence-corrected chi connectivity index (χ3v) is 4.74. The van der Waals surface area contributed by atoms with Crippen molar-refractivity contribution in [1.29, 1.82) is 0 Å². The van der Waals surface area contributed by atoms with Crippen LogP contribution in [0.1, 0.15) is 0 Å². The molecule has 0 atom stereocenters. The Kier molecular flexibility index (Phi) is 3.93. The molecule has 6 heteroatoms. The summed E-state index contributed by atoms with van der Waals surface area (Å²) in [7, 11) is 0. The largest absolute Gasteiger partial charge is 0.338 e. The summed E-state index contributed by atoms with van der Waals surface area (Å²) in [4.78, 5) is 12.1. The zero-order chi connectivity index (χ0) is 16.7. The topological polar surface area (TPSA) is 41.6 Å². The number of nitrogens with zero attached hydrogens (tertiary/aromatic N) is 2. The Hall–Kier alpha value is -2.07. The number of rotatable bonds is 2. The van der Waals surface area contributed by atoms with Crippen LogP contribution in [0.4, 0.5) is 0 Å². The fraction of sp³-hybridized carbons (Fsp3) is 0. The van der Waals surface area contributed by atoms with E-state index in [0.717, 1.165) is 33.7 Å². The van der Waals surface area contributed by atoms with Crippen molar-refractivity contribution in [2.45, 2.75) is 0 Å². The van der Waals surface area contributed by atoms with Crippen LogP contribution in [0.15, 0.2) is 54.7 Å². The fourth-order valence-electron chi connectivity index (χ4n) is 2.53. The Morgan fingerprint density at radius 3 is 2.25 bits per heavy atom. The molecule has 0 aliphatic carbocycles. The number of nitrogens with one attached hydrogen (secondary N) is 1. The highest BCUT2D eigenvalue weighted by atomic mass is 35.5. The van der Waals surface area contributed by atoms with Crippen molar-refractivity contribution in [3.63, 3.8) is 0 Å². The molecule has 0 radical (unpaired) electrons. The number of hydrogen-bond donors (Lipinski definition) is 1. The van der Waals surface area contributed by atoms with Gasteiger partial charge in [-0.1, -0.05) is 59.1 Å². The van der Waals surface area contributed by atoms with Gasteiger partial charge >= 0.3 is 0 Å². The number of pyridine rings is 1. The normalized spacial score (nSPS) is 11.1. The molecule has 2 aromatic carbocycles. The van der Waals surface area contributed by atoms with E-state index < -0.39 is 0 Å². The van der Waals surface area contributed by atoms with Gasteiger partial charge in [-0.3, -0.25) is 4.98 Å². The predicted molar refractivity (Wildman–Crippen MR) is 99.8 cm³/mol. The number of hydrogen-bond acceptors (Lipinski definition) is 2. The van der Waals surface area contributed by atoms with Crippen LogP contribution in [0.2, 0.25) is 15.1 Å². The van der Waals surface area contributed by atoms with Gasteiger partial charge in [-0.05, 0) is 24.3 Å². The summed E-state index contributed by atoms with van der Waals surface area (Å²) in [5.74, 6) is 0.752. The molecule has 0 saturated carbocycles. The maximum atomic E-state index is 6.19. The number of benzene rings is 2. The third kappa shape index (κ3) is 2.75. The van der Waals surface area contributed by atoms with Crippen LogP contribution in [0, 0.1) is 0 Å². The molecular formula is C18H10Cl3N3. The molecule has 118 valence electrons. The lowest BCUT2D eigenvalue weighted by atomic mass is 10.1. The highest BCUT2D eigenvalue weighted by Gasteiger charge is 2.09. The summed E-state index contributed by atoms with van der Waals surface area (Å²) in [6, 6.07) is 15.0. The molecule has 2 heterocycles. The Morgan fingerprint density at radius 2 is 1.50 bits per heavy atom. The Bertz CT molecular complexity index is 1000. The van der Waals surface area contributed by atoms with Crippen LogP contribution in [-0.4, -0.2) is 15.0 Å². The predicted octanol–water partition coefficient (Wildman–Crippen LogP) is 6.25. The third-order valence-electron chi connectivity index (χ3n) is 3.71. The highest BCUT2D eigenvalue weighted by Crippen LogP contribution is 2.30. The molecule has 1 N–H and O–H groups in total. The number of aromatic nitrogens is 3. The average molecular weight is 375 g/mol. The monoisotopic (exact) mass is 373 g/mol. The second kappa shape index (κ2) is 6.10. The van der Waals surface area contributed by atoms with Gasteiger partial charge in [0.1, 0.15) is 5.82 Å². The van der Waals surface area contributed by atoms with E-state index in [-0.39, 0.29) is 0 Å². The van der Waals surface area contributed by atoms with Crippen molar-refractivity contribution in [2.24, 2.45) is 0 Å². The molecule has 24 heavy (non-hydrogen) atoms. The molecule has 0 spiro atoms. The highest BCUT2D eigenvalue weighted by molar-refractivity contribution is 6.42. The summed E-state index contributed by atoms with van der Waals surface area (Å²) >= 11 is 18.3. The average Bonchev–Trinajstić information content (AvgIpc) is 2.99. The summed E-state index contributed by atoms with van der Waals surface area (Å²) < 4.78 is 0. The number of aromatic amines is 1. The molecule has 0 bridgehead atoms. The van der Waals surface area contributed by atoms with Gasteiger partial charge in [0.2, 0.25) is 0 Å². The van der Waals surface area contributed by atoms with Crippen LogP contribution < -0.4 is 0 Å². The molecule has 3 nitrogen and oxygen atoms in total. The van der Waals surface area contributed by atoms with Gasteiger partial charge in [-0.25, -0.2) is 4.98 Å². The van der Waals surface area contributed by atoms with Gasteiger partial charge in [-0.15, -0.1) is 0 Å². The zero-order valence-corrected chi connectivity index (χ0v) is 14.5. The fourth-order valence-corrected chi connectivity index (χ4v) is 3.08. The van der Waals surface area contributed by atoms with Crippen molar-refractivity contribution in [1.82, 2.24) is 15.0 Å². The van der Waals surface area contributed by atoms with Crippen LogP contribution >= 0.6 is 34.8 Å². The standard InChI is InChI=1S/C18H10Cl3N3/c19-12-2-1-7-22-17(12)10-3-5-11(6-4-10)18-23-15-8-13(20)14(21)9-16(15)24-18/h1-9H,(H,23,24). The van der Waals surface area contributed by atoms with E-state index in [4.69, 9.17) is 34.8 Å². The quantitative estimate of drug-likeness (QED) is 0.450. The van der Waals surface area contributed by atoms with E-state index in [9.17, 15) is 0 Å². The number of halogens is 3. The molecule has 4 aromatic rings. The molecule has 0 amide bonds. The second-order valence-electron chi connectivity index (χ2n) is 5.28. The van der Waals surface area contributed by atoms with Crippen molar-refractivity contribution in [3.05, 3.63) is 69.8 Å². The molecule has 0 saturated heterocycles. The minimum absolute atomic E-state index is 0.488. The van der Waals surface area contributed by atoms with Crippen LogP contribution in [0.3, 0.4) is 0 Å². The molecule has 2 aromatic heterocycles. The van der Waals surface area contributed by atoms with E-state index in [1.165, 1.54) is 0 Å². The summed E-state index contributed by atoms with van der Waals surface area (Å²) in [5, 5.41) is 1.61. The molecule has 0 aliphatic heterocycles. The van der Waals surface area contributed by atoms with Crippen molar-refractivity contribution in [2.75, 3.05) is 0 Å². The number of fused-ring (bicyclic) bond motifs is 1. The summed E-state index contributed by atoms with van der Waals surface area (Å²) in [6.45, 7) is 0. The van der Waals surface area contributed by atoms with Crippen LogP contribution in [-0.2, 0) is 0 Å². The maximum Gasteiger partial charge on any atom is 0.138 e. The minimum atomic E-state index is 0.488.